The van der Waals surface area contributed by atoms with Crippen LogP contribution >= 0.6 is 23.2 Å². The molecule has 0 saturated carbocycles. The Morgan fingerprint density at radius 3 is 1.97 bits per heavy atom. The molecule has 0 aromatic heterocycles. The molecule has 0 spiro atoms. The summed E-state index contributed by atoms with van der Waals surface area (Å²) in [6.07, 6.45) is 0. The van der Waals surface area contributed by atoms with E-state index in [4.69, 9.17) is 33.4 Å². The minimum absolute atomic E-state index is 0.112. The molecule has 0 saturated heterocycles. The van der Waals surface area contributed by atoms with Crippen molar-refractivity contribution in [2.24, 2.45) is 0 Å². The van der Waals surface area contributed by atoms with Gasteiger partial charge in [-0.05, 0) is 42.5 Å². The molecule has 32 heavy (non-hydrogen) atoms. The highest BCUT2D eigenvalue weighted by atomic mass is 35.5. The number of benzene rings is 2. The summed E-state index contributed by atoms with van der Waals surface area (Å²) < 4.78 is 0. The summed E-state index contributed by atoms with van der Waals surface area (Å²) >= 11 is 11.7. The molecule has 3 amide bonds. The molecule has 0 atom stereocenters. The van der Waals surface area contributed by atoms with E-state index in [2.05, 4.69) is 15.5 Å². The van der Waals surface area contributed by atoms with E-state index in [-0.39, 0.29) is 32.2 Å². The van der Waals surface area contributed by atoms with Crippen LogP contribution in [-0.4, -0.2) is 78.2 Å². The fourth-order valence-corrected chi connectivity index (χ4v) is 3.50. The third-order valence-corrected chi connectivity index (χ3v) is 4.93. The van der Waals surface area contributed by atoms with Crippen LogP contribution in [0.1, 0.15) is 10.4 Å². The van der Waals surface area contributed by atoms with Gasteiger partial charge in [0.15, 0.2) is 0 Å². The summed E-state index contributed by atoms with van der Waals surface area (Å²) in [7, 11) is 0. The minimum Gasteiger partial charge on any atom is -0.395 e. The smallest absolute Gasteiger partial charge is 0.323 e. The first-order valence-corrected chi connectivity index (χ1v) is 11.2. The first kappa shape index (κ1) is 25.7. The van der Waals surface area contributed by atoms with Crippen LogP contribution in [0.25, 0.3) is 0 Å². The predicted octanol–water partition coefficient (Wildman–Crippen LogP) is 3.04. The number of alkyl halides is 2. The Labute approximate surface area is 197 Å². The second kappa shape index (κ2) is 13.8. The van der Waals surface area contributed by atoms with Gasteiger partial charge in [0.1, 0.15) is 0 Å². The number of carbonyl (C=O) groups is 2. The highest BCUT2D eigenvalue weighted by molar-refractivity contribution is 6.18. The van der Waals surface area contributed by atoms with Crippen molar-refractivity contribution in [2.45, 2.75) is 0 Å². The number of amides is 3. The molecule has 2 aromatic carbocycles. The Morgan fingerprint density at radius 1 is 0.812 bits per heavy atom. The third-order valence-electron chi connectivity index (χ3n) is 4.59. The number of aliphatic hydroxyl groups is 2. The highest BCUT2D eigenvalue weighted by Crippen LogP contribution is 2.19. The van der Waals surface area contributed by atoms with Crippen molar-refractivity contribution in [1.82, 2.24) is 4.90 Å². The number of rotatable bonds is 12. The second-order valence-electron chi connectivity index (χ2n) is 6.81. The van der Waals surface area contributed by atoms with Crippen LogP contribution in [0.15, 0.2) is 48.5 Å². The summed E-state index contributed by atoms with van der Waals surface area (Å²) in [6.45, 7) is 1.15. The van der Waals surface area contributed by atoms with Gasteiger partial charge in [-0.1, -0.05) is 6.07 Å². The van der Waals surface area contributed by atoms with Crippen molar-refractivity contribution in [1.29, 1.82) is 0 Å². The molecule has 8 nitrogen and oxygen atoms in total. The topological polar surface area (TPSA) is 105 Å². The summed E-state index contributed by atoms with van der Waals surface area (Å²) in [6, 6.07) is 13.3. The normalized spacial score (nSPS) is 10.5. The monoisotopic (exact) mass is 482 g/mol. The number of aliphatic hydroxyl groups excluding tert-OH is 2. The van der Waals surface area contributed by atoms with E-state index in [1.165, 1.54) is 4.90 Å². The Balaban J connectivity index is 2.01. The van der Waals surface area contributed by atoms with Crippen LogP contribution in [0, 0.1) is 0 Å². The van der Waals surface area contributed by atoms with Gasteiger partial charge < -0.3 is 30.6 Å². The van der Waals surface area contributed by atoms with E-state index >= 15 is 0 Å². The number of urea groups is 1. The molecule has 4 N–H and O–H groups in total. The molecular formula is C22H28Cl2N4O4. The molecule has 0 radical (unpaired) electrons. The average molecular weight is 483 g/mol. The van der Waals surface area contributed by atoms with Crippen LogP contribution in [0.5, 0.6) is 0 Å². The lowest BCUT2D eigenvalue weighted by molar-refractivity contribution is 0.0685. The largest absolute Gasteiger partial charge is 0.395 e. The van der Waals surface area contributed by atoms with Crippen LogP contribution < -0.4 is 15.5 Å². The maximum absolute atomic E-state index is 12.6. The molecule has 0 aliphatic carbocycles. The zero-order chi connectivity index (χ0) is 23.3. The van der Waals surface area contributed by atoms with E-state index < -0.39 is 6.03 Å². The molecule has 0 bridgehead atoms. The van der Waals surface area contributed by atoms with Crippen molar-refractivity contribution in [2.75, 3.05) is 66.7 Å². The maximum atomic E-state index is 12.6. The number of carbonyl (C=O) groups excluding carboxylic acids is 2. The van der Waals surface area contributed by atoms with Crippen LogP contribution in [0.3, 0.4) is 0 Å². The van der Waals surface area contributed by atoms with Gasteiger partial charge >= 0.3 is 6.03 Å². The van der Waals surface area contributed by atoms with Crippen LogP contribution in [0.4, 0.5) is 21.9 Å². The Hall–Kier alpha value is -2.52. The lowest BCUT2D eigenvalue weighted by Crippen LogP contribution is -2.35. The second-order valence-corrected chi connectivity index (χ2v) is 7.57. The number of nitrogens with zero attached hydrogens (tertiary/aromatic N) is 2. The van der Waals surface area contributed by atoms with Gasteiger partial charge in [0, 0.05) is 60.6 Å². The Morgan fingerprint density at radius 2 is 1.41 bits per heavy atom. The van der Waals surface area contributed by atoms with Gasteiger partial charge in [-0.25, -0.2) is 4.79 Å². The number of hydrogen-bond acceptors (Lipinski definition) is 5. The standard InChI is InChI=1S/C22H28Cl2N4O4/c23-8-10-27(11-9-24)20-6-4-18(5-7-20)25-22(32)26-19-3-1-2-17(16-19)21(31)28(12-14-29)13-15-30/h1-7,16,29-30H,8-15H2,(H2,25,26,32). The van der Waals surface area contributed by atoms with Crippen LogP contribution in [-0.2, 0) is 0 Å². The van der Waals surface area contributed by atoms with E-state index in [9.17, 15) is 9.59 Å². The van der Waals surface area contributed by atoms with Gasteiger partial charge in [-0.15, -0.1) is 23.2 Å². The summed E-state index contributed by atoms with van der Waals surface area (Å²) in [4.78, 5) is 28.4. The van der Waals surface area contributed by atoms with E-state index in [1.807, 2.05) is 12.1 Å². The molecule has 174 valence electrons. The molecule has 10 heteroatoms. The predicted molar refractivity (Wildman–Crippen MR) is 129 cm³/mol. The van der Waals surface area contributed by atoms with Crippen molar-refractivity contribution in [3.05, 3.63) is 54.1 Å². The zero-order valence-electron chi connectivity index (χ0n) is 17.6. The first-order valence-electron chi connectivity index (χ1n) is 10.2. The molecule has 0 fully saturated rings. The van der Waals surface area contributed by atoms with E-state index in [1.54, 1.807) is 36.4 Å². The molecule has 2 rings (SSSR count). The fourth-order valence-electron chi connectivity index (χ4n) is 3.09. The number of halogens is 2. The number of hydrogen-bond donors (Lipinski definition) is 4. The third kappa shape index (κ3) is 7.87. The SMILES string of the molecule is O=C(Nc1ccc(N(CCCl)CCCl)cc1)Nc1cccc(C(=O)N(CCO)CCO)c1. The van der Waals surface area contributed by atoms with Gasteiger partial charge in [0.2, 0.25) is 0 Å². The summed E-state index contributed by atoms with van der Waals surface area (Å²) in [5, 5.41) is 23.7. The van der Waals surface area contributed by atoms with Crippen molar-refractivity contribution in [3.63, 3.8) is 0 Å². The summed E-state index contributed by atoms with van der Waals surface area (Å²) in [5.74, 6) is 0.628. The number of anilines is 3. The van der Waals surface area contributed by atoms with Gasteiger partial charge in [0.05, 0.1) is 13.2 Å². The minimum atomic E-state index is -0.455. The van der Waals surface area contributed by atoms with E-state index in [0.717, 1.165) is 5.69 Å². The molecule has 0 aliphatic heterocycles. The molecule has 0 aliphatic rings. The Bertz CT molecular complexity index is 855. The van der Waals surface area contributed by atoms with E-state index in [0.29, 0.717) is 41.8 Å². The van der Waals surface area contributed by atoms with Crippen molar-refractivity contribution >= 4 is 52.2 Å². The molecule has 2 aromatic rings. The van der Waals surface area contributed by atoms with Crippen LogP contribution in [0.2, 0.25) is 0 Å². The van der Waals surface area contributed by atoms with Gasteiger partial charge in [-0.3, -0.25) is 4.79 Å². The average Bonchev–Trinajstić information content (AvgIpc) is 2.79. The maximum Gasteiger partial charge on any atom is 0.323 e. The summed E-state index contributed by atoms with van der Waals surface area (Å²) in [5.41, 5.74) is 2.34. The lowest BCUT2D eigenvalue weighted by atomic mass is 10.1. The van der Waals surface area contributed by atoms with Crippen molar-refractivity contribution in [3.8, 4) is 0 Å². The van der Waals surface area contributed by atoms with Gasteiger partial charge in [0.25, 0.3) is 5.91 Å². The zero-order valence-corrected chi connectivity index (χ0v) is 19.1. The highest BCUT2D eigenvalue weighted by Gasteiger charge is 2.15. The van der Waals surface area contributed by atoms with Crippen molar-refractivity contribution < 1.29 is 19.8 Å². The molecular weight excluding hydrogens is 455 g/mol. The lowest BCUT2D eigenvalue weighted by Gasteiger charge is -2.23. The number of nitrogens with one attached hydrogen (secondary N) is 2. The quantitative estimate of drug-likeness (QED) is 0.348. The Kier molecular flexibility index (Phi) is 11.1. The molecule has 0 unspecified atom stereocenters. The first-order chi connectivity index (χ1) is 15.5. The fraction of sp³-hybridized carbons (Fsp3) is 0.364. The molecule has 0 heterocycles. The van der Waals surface area contributed by atoms with Gasteiger partial charge in [-0.2, -0.15) is 0 Å².